The number of hydrogen-bond acceptors (Lipinski definition) is 5. The summed E-state index contributed by atoms with van der Waals surface area (Å²) in [4.78, 5) is 25.4. The largest absolute Gasteiger partial charge is 0.548 e. The van der Waals surface area contributed by atoms with Crippen molar-refractivity contribution in [2.24, 2.45) is 0 Å². The minimum atomic E-state index is -1.40. The van der Waals surface area contributed by atoms with Gasteiger partial charge >= 0.3 is 6.09 Å². The van der Waals surface area contributed by atoms with E-state index >= 15 is 0 Å². The van der Waals surface area contributed by atoms with Crippen LogP contribution >= 0.6 is 0 Å². The Labute approximate surface area is 117 Å². The van der Waals surface area contributed by atoms with Crippen LogP contribution in [0.2, 0.25) is 0 Å². The fraction of sp³-hybridized carbons (Fsp3) is 0.462. The molecule has 7 nitrogen and oxygen atoms in total. The van der Waals surface area contributed by atoms with E-state index in [-0.39, 0.29) is 6.42 Å². The van der Waals surface area contributed by atoms with Gasteiger partial charge in [0.1, 0.15) is 11.3 Å². The van der Waals surface area contributed by atoms with Crippen LogP contribution in [0.25, 0.3) is 0 Å². The van der Waals surface area contributed by atoms with Crippen LogP contribution in [0, 0.1) is 0 Å². The lowest BCUT2D eigenvalue weighted by atomic mass is 10.1. The highest BCUT2D eigenvalue weighted by molar-refractivity contribution is 5.78. The number of aliphatic carboxylic acids is 1. The Morgan fingerprint density at radius 2 is 2.10 bits per heavy atom. The van der Waals surface area contributed by atoms with Gasteiger partial charge in [0.2, 0.25) is 0 Å². The SMILES string of the molecule is CC(C)(C)OC(=O)N[C@@H](Cc1cccc(N)[nH+]1)C(=O)[O-]. The maximum absolute atomic E-state index is 11.6. The zero-order valence-corrected chi connectivity index (χ0v) is 11.7. The van der Waals surface area contributed by atoms with E-state index in [0.717, 1.165) is 0 Å². The van der Waals surface area contributed by atoms with E-state index in [1.54, 1.807) is 39.0 Å². The number of hydrogen-bond donors (Lipinski definition) is 2. The predicted molar refractivity (Wildman–Crippen MR) is 69.3 cm³/mol. The number of carbonyl (C=O) groups is 2. The van der Waals surface area contributed by atoms with E-state index in [4.69, 9.17) is 10.5 Å². The normalized spacial score (nSPS) is 12.6. The molecule has 0 spiro atoms. The molecule has 1 heterocycles. The molecule has 1 atom stereocenters. The van der Waals surface area contributed by atoms with Gasteiger partial charge in [-0.2, -0.15) is 0 Å². The molecule has 0 saturated carbocycles. The van der Waals surface area contributed by atoms with Gasteiger partial charge in [-0.1, -0.05) is 6.07 Å². The second kappa shape index (κ2) is 6.23. The van der Waals surface area contributed by atoms with Crippen LogP contribution in [0.3, 0.4) is 0 Å². The number of aromatic amines is 1. The number of nitrogen functional groups attached to an aromatic ring is 1. The topological polar surface area (TPSA) is 119 Å². The van der Waals surface area contributed by atoms with Crippen LogP contribution in [0.15, 0.2) is 18.2 Å². The van der Waals surface area contributed by atoms with E-state index in [1.807, 2.05) is 0 Å². The summed E-state index contributed by atoms with van der Waals surface area (Å²) in [6.45, 7) is 5.06. The summed E-state index contributed by atoms with van der Waals surface area (Å²) < 4.78 is 5.00. The number of H-pyrrole nitrogens is 1. The fourth-order valence-electron chi connectivity index (χ4n) is 1.52. The third-order valence-electron chi connectivity index (χ3n) is 2.28. The highest BCUT2D eigenvalue weighted by atomic mass is 16.6. The number of aromatic nitrogens is 1. The summed E-state index contributed by atoms with van der Waals surface area (Å²) in [6.07, 6.45) is -0.789. The highest BCUT2D eigenvalue weighted by Crippen LogP contribution is 2.07. The molecule has 0 unspecified atom stereocenters. The van der Waals surface area contributed by atoms with Crippen molar-refractivity contribution in [2.45, 2.75) is 38.8 Å². The maximum atomic E-state index is 11.6. The molecule has 0 aliphatic rings. The number of alkyl carbamates (subject to hydrolysis) is 1. The number of rotatable bonds is 4. The van der Waals surface area contributed by atoms with Gasteiger partial charge in [0.05, 0.1) is 12.0 Å². The first-order chi connectivity index (χ1) is 9.17. The Kier molecular flexibility index (Phi) is 4.90. The average Bonchev–Trinajstić information content (AvgIpc) is 2.25. The molecule has 110 valence electrons. The second-order valence-corrected chi connectivity index (χ2v) is 5.35. The van der Waals surface area contributed by atoms with E-state index in [1.165, 1.54) is 0 Å². The molecule has 20 heavy (non-hydrogen) atoms. The van der Waals surface area contributed by atoms with E-state index in [0.29, 0.717) is 11.5 Å². The number of amides is 1. The Morgan fingerprint density at radius 3 is 2.60 bits per heavy atom. The number of anilines is 1. The van der Waals surface area contributed by atoms with Crippen molar-refractivity contribution in [3.8, 4) is 0 Å². The first-order valence-electron chi connectivity index (χ1n) is 6.14. The summed E-state index contributed by atoms with van der Waals surface area (Å²) in [6, 6.07) is 3.78. The lowest BCUT2D eigenvalue weighted by Crippen LogP contribution is -2.51. The van der Waals surface area contributed by atoms with Crippen molar-refractivity contribution >= 4 is 17.9 Å². The van der Waals surface area contributed by atoms with Crippen molar-refractivity contribution in [1.29, 1.82) is 0 Å². The molecular weight excluding hydrogens is 262 g/mol. The molecule has 4 N–H and O–H groups in total. The zero-order valence-electron chi connectivity index (χ0n) is 11.7. The minimum Gasteiger partial charge on any atom is -0.548 e. The molecular formula is C13H19N3O4. The second-order valence-electron chi connectivity index (χ2n) is 5.35. The third kappa shape index (κ3) is 5.55. The van der Waals surface area contributed by atoms with E-state index in [2.05, 4.69) is 10.3 Å². The molecule has 0 radical (unpaired) electrons. The van der Waals surface area contributed by atoms with Crippen molar-refractivity contribution in [2.75, 3.05) is 5.73 Å². The van der Waals surface area contributed by atoms with Gasteiger partial charge in [-0.05, 0) is 26.8 Å². The quantitative estimate of drug-likeness (QED) is 0.754. The molecule has 0 aliphatic carbocycles. The average molecular weight is 281 g/mol. The van der Waals surface area contributed by atoms with Gasteiger partial charge in [0.15, 0.2) is 0 Å². The monoisotopic (exact) mass is 281 g/mol. The Morgan fingerprint density at radius 1 is 1.45 bits per heavy atom. The molecule has 1 rings (SSSR count). The molecule has 7 heteroatoms. The Hall–Kier alpha value is -2.31. The number of carboxylic acid groups (broad SMARTS) is 1. The van der Waals surface area contributed by atoms with Gasteiger partial charge in [-0.3, -0.25) is 5.73 Å². The lowest BCUT2D eigenvalue weighted by molar-refractivity contribution is -0.374. The standard InChI is InChI=1S/C13H19N3O4/c1-13(2,3)20-12(19)16-9(11(17)18)7-8-5-4-6-10(14)15-8/h4-6,9H,7H2,1-3H3,(H2,14,15)(H,16,19)(H,17,18)/t9-/m0/s1. The summed E-state index contributed by atoms with van der Waals surface area (Å²) in [5.74, 6) is -0.997. The summed E-state index contributed by atoms with van der Waals surface area (Å²) in [7, 11) is 0. The summed E-state index contributed by atoms with van der Waals surface area (Å²) in [5, 5.41) is 13.3. The number of carbonyl (C=O) groups excluding carboxylic acids is 2. The number of nitrogens with one attached hydrogen (secondary N) is 2. The predicted octanol–water partition coefficient (Wildman–Crippen LogP) is -0.731. The zero-order chi connectivity index (χ0) is 15.3. The van der Waals surface area contributed by atoms with Crippen molar-refractivity contribution < 1.29 is 24.4 Å². The Balaban J connectivity index is 2.71. The number of nitrogens with two attached hydrogens (primary N) is 1. The van der Waals surface area contributed by atoms with Gasteiger partial charge in [-0.25, -0.2) is 9.78 Å². The molecule has 0 aromatic carbocycles. The minimum absolute atomic E-state index is 0.0205. The van der Waals surface area contributed by atoms with Crippen LogP contribution in [0.5, 0.6) is 0 Å². The summed E-state index contributed by atoms with van der Waals surface area (Å²) >= 11 is 0. The fourth-order valence-corrected chi connectivity index (χ4v) is 1.52. The van der Waals surface area contributed by atoms with Crippen LogP contribution in [0.1, 0.15) is 26.5 Å². The van der Waals surface area contributed by atoms with E-state index < -0.39 is 23.7 Å². The number of carboxylic acids is 1. The number of pyridine rings is 1. The van der Waals surface area contributed by atoms with Gasteiger partial charge in [-0.15, -0.1) is 0 Å². The van der Waals surface area contributed by atoms with Gasteiger partial charge in [0.25, 0.3) is 5.82 Å². The molecule has 1 amide bonds. The first-order valence-corrected chi connectivity index (χ1v) is 6.14. The van der Waals surface area contributed by atoms with Crippen LogP contribution < -0.4 is 21.1 Å². The molecule has 0 saturated heterocycles. The van der Waals surface area contributed by atoms with Crippen molar-refractivity contribution in [3.05, 3.63) is 23.9 Å². The maximum Gasteiger partial charge on any atom is 0.408 e. The van der Waals surface area contributed by atoms with Crippen LogP contribution in [-0.4, -0.2) is 23.7 Å². The van der Waals surface area contributed by atoms with Crippen LogP contribution in [0.4, 0.5) is 10.6 Å². The summed E-state index contributed by atoms with van der Waals surface area (Å²) in [5.41, 5.74) is 5.42. The highest BCUT2D eigenvalue weighted by Gasteiger charge is 2.21. The van der Waals surface area contributed by atoms with Crippen LogP contribution in [-0.2, 0) is 16.0 Å². The van der Waals surface area contributed by atoms with Gasteiger partial charge < -0.3 is 20.0 Å². The van der Waals surface area contributed by atoms with Crippen molar-refractivity contribution in [3.63, 3.8) is 0 Å². The molecule has 1 aromatic rings. The van der Waals surface area contributed by atoms with Crippen molar-refractivity contribution in [1.82, 2.24) is 5.32 Å². The molecule has 0 bridgehead atoms. The smallest absolute Gasteiger partial charge is 0.408 e. The van der Waals surface area contributed by atoms with Gasteiger partial charge in [0, 0.05) is 12.5 Å². The number of ether oxygens (including phenoxy) is 1. The molecule has 1 aromatic heterocycles. The van der Waals surface area contributed by atoms with E-state index in [9.17, 15) is 14.7 Å². The molecule has 0 fully saturated rings. The first kappa shape index (κ1) is 15.7. The third-order valence-corrected chi connectivity index (χ3v) is 2.28. The Bertz CT molecular complexity index is 497. The molecule has 0 aliphatic heterocycles. The lowest BCUT2D eigenvalue weighted by Gasteiger charge is -2.23.